The summed E-state index contributed by atoms with van der Waals surface area (Å²) in [6.07, 6.45) is 0.350. The maximum atomic E-state index is 14.9. The molecule has 16 atom stereocenters. The smallest absolute Gasteiger partial charge is 0.325 e. The van der Waals surface area contributed by atoms with E-state index >= 15 is 0 Å². The van der Waals surface area contributed by atoms with Crippen molar-refractivity contribution in [2.24, 2.45) is 46.4 Å². The number of nitrogens with zero attached hydrogens (tertiary/aromatic N) is 2. The number of guanidine groups is 1. The molecule has 0 radical (unpaired) electrons. The molecule has 762 valence electrons. The fourth-order valence-corrected chi connectivity index (χ4v) is 15.3. The fourth-order valence-electron chi connectivity index (χ4n) is 14.8. The van der Waals surface area contributed by atoms with Gasteiger partial charge in [-0.15, -0.1) is 0 Å². The molecule has 2 aliphatic heterocycles. The number of benzene rings is 1. The summed E-state index contributed by atoms with van der Waals surface area (Å²) in [6, 6.07) is -14.8. The SMILES string of the molecule is CC[C@H](C)[C@H](NC(=O)[C@H](CCCNC(=N)N)NC(=O)CNC(=O)[C@H](CCSC)NC(=O)[C@H](Cc1c[nH]c2ccccc12)NC(=O)[C@H](CCC(=O)O)NC(=O)[C@H](CC(C)C)NC(=O)CNC(=O)[C@H](CCCCN)NC(=O)CNC(=O)[C@@H]1CCCN1C(=O)[C@H](C)NC(=O)[C@H](CCC(N)=O)NC(=O)[C@H](CCC(N)=O)NC(=O)[C@@H](N)C(C)C)C(=O)N[C@@H](CC(=O)O)C(=O)N1CCC[C@H]1C(=O)N[C@@H](C)C(=O)O. The summed E-state index contributed by atoms with van der Waals surface area (Å²) in [4.78, 5) is 303. The van der Waals surface area contributed by atoms with Crippen molar-refractivity contribution in [1.29, 1.82) is 5.41 Å². The van der Waals surface area contributed by atoms with Gasteiger partial charge in [0.1, 0.15) is 84.6 Å². The Hall–Kier alpha value is -13.4. The van der Waals surface area contributed by atoms with Gasteiger partial charge in [-0.1, -0.05) is 66.2 Å². The normalized spacial score (nSPS) is 16.4. The molecule has 31 N–H and O–H groups in total. The van der Waals surface area contributed by atoms with Gasteiger partial charge in [0.25, 0.3) is 0 Å². The first-order chi connectivity index (χ1) is 64.6. The molecule has 2 aliphatic rings. The first kappa shape index (κ1) is 116. The predicted octanol–water partition coefficient (Wildman–Crippen LogP) is -6.93. The van der Waals surface area contributed by atoms with E-state index in [1.54, 1.807) is 78.3 Å². The molecule has 2 fully saturated rings. The van der Waals surface area contributed by atoms with Crippen LogP contribution in [-0.4, -0.2) is 315 Å². The predicted molar refractivity (Wildman–Crippen MR) is 495 cm³/mol. The number of nitrogens with one attached hydrogen (secondary N) is 18. The minimum Gasteiger partial charge on any atom is -0.481 e. The number of H-pyrrole nitrogens is 1. The van der Waals surface area contributed by atoms with Gasteiger partial charge in [-0.3, -0.25) is 111 Å². The lowest BCUT2D eigenvalue weighted by molar-refractivity contribution is -0.147. The third kappa shape index (κ3) is 40.2. The second-order valence-corrected chi connectivity index (χ2v) is 35.5. The van der Waals surface area contributed by atoms with Crippen LogP contribution in [0.25, 0.3) is 10.9 Å². The molecule has 0 bridgehead atoms. The Kier molecular flexibility index (Phi) is 49.8. The van der Waals surface area contributed by atoms with Crippen LogP contribution in [0.3, 0.4) is 0 Å². The molecule has 2 aromatic rings. The number of thioether (sulfide) groups is 1. The van der Waals surface area contributed by atoms with E-state index in [1.165, 1.54) is 25.6 Å². The number of nitrogens with two attached hydrogens (primary N) is 5. The number of fused-ring (bicyclic) bond motifs is 1. The summed E-state index contributed by atoms with van der Waals surface area (Å²) in [5.74, 6) is -23.5. The fraction of sp³-hybridized carbons (Fsp3) is 0.640. The van der Waals surface area contributed by atoms with Crippen LogP contribution in [0.2, 0.25) is 0 Å². The van der Waals surface area contributed by atoms with Crippen LogP contribution >= 0.6 is 11.8 Å². The Morgan fingerprint density at radius 2 is 0.942 bits per heavy atom. The molecule has 0 spiro atoms. The van der Waals surface area contributed by atoms with Crippen molar-refractivity contribution in [1.82, 2.24) is 99.9 Å². The van der Waals surface area contributed by atoms with Crippen LogP contribution in [0.4, 0.5) is 0 Å². The van der Waals surface area contributed by atoms with Crippen LogP contribution < -0.4 is 114 Å². The lowest BCUT2D eigenvalue weighted by Crippen LogP contribution is -2.60. The highest BCUT2D eigenvalue weighted by atomic mass is 32.2. The van der Waals surface area contributed by atoms with E-state index in [-0.39, 0.29) is 134 Å². The number of rotatable bonds is 62. The summed E-state index contributed by atoms with van der Waals surface area (Å²) in [7, 11) is 0. The standard InChI is InChI=1S/C86H137N25O25S/c1-10-45(6)70(82(132)108-59(38-68(119)120)84(134)111-34-17-23-61(111)80(130)99-47(8)85(135)136)109-76(126)52(21-15-32-93-86(91)92)101-64(114)40-96-72(122)56(30-35-137-9)105-78(128)58(37-48-39-94-50-19-12-11-18-49(48)50)107-75(125)55(26-29-67(117)118)104-77(127)57(36-43(2)3)102-66(116)41-95-71(121)51(20-13-14-31-87)100-65(115)42-97-79(129)60-22-16-33-110(60)83(133)46(7)98-73(123)53(24-27-62(88)112)103-74(124)54(25-28-63(89)113)106-81(131)69(90)44(4)5/h11-12,18-19,39,43-47,51-61,69-70,94H,10,13-17,20-38,40-42,87,90H2,1-9H3,(H2,88,112)(H2,89,113)(H,95,121)(H,96,122)(H,97,129)(H,98,123)(H,99,130)(H,100,115)(H,101,114)(H,102,116)(H,103,124)(H,104,127)(H,105,128)(H,106,131)(H,107,125)(H,108,132)(H,109,126)(H,117,118)(H,119,120)(H,135,136)(H4,91,92,93)/t45-,46-,47-,51-,52-,53-,54-,55-,56-,57-,58-,59-,60-,61-,69-,70-/m0/s1. The number of hydrogen-bond acceptors (Lipinski definition) is 26. The number of primary amides is 2. The number of unbranched alkanes of at least 4 members (excludes halogenated alkanes) is 1. The number of aliphatic carboxylic acids is 3. The zero-order chi connectivity index (χ0) is 103. The largest absolute Gasteiger partial charge is 0.481 e. The molecule has 0 saturated carbocycles. The minimum absolute atomic E-state index is 0.00325. The average molecular weight is 1950 g/mol. The quantitative estimate of drug-likeness (QED) is 0.0166. The summed E-state index contributed by atoms with van der Waals surface area (Å²) in [6.45, 7) is 10.1. The van der Waals surface area contributed by atoms with Crippen molar-refractivity contribution in [3.05, 3.63) is 36.0 Å². The molecule has 1 aromatic carbocycles. The molecule has 4 rings (SSSR count). The number of carbonyl (C=O) groups is 22. The Morgan fingerprint density at radius 3 is 1.45 bits per heavy atom. The molecule has 19 amide bonds. The number of carbonyl (C=O) groups excluding carboxylic acids is 19. The van der Waals surface area contributed by atoms with Crippen molar-refractivity contribution in [2.45, 2.75) is 274 Å². The molecule has 2 saturated heterocycles. The van der Waals surface area contributed by atoms with E-state index < -0.39 is 278 Å². The van der Waals surface area contributed by atoms with E-state index in [9.17, 15) is 121 Å². The van der Waals surface area contributed by atoms with Gasteiger partial charge in [-0.25, -0.2) is 0 Å². The molecule has 0 unspecified atom stereocenters. The topological polar surface area (TPSA) is 805 Å². The molecule has 137 heavy (non-hydrogen) atoms. The highest BCUT2D eigenvalue weighted by molar-refractivity contribution is 7.98. The Morgan fingerprint density at radius 1 is 0.482 bits per heavy atom. The second-order valence-electron chi connectivity index (χ2n) is 34.5. The zero-order valence-electron chi connectivity index (χ0n) is 78.6. The van der Waals surface area contributed by atoms with Crippen LogP contribution in [0.5, 0.6) is 0 Å². The van der Waals surface area contributed by atoms with Crippen molar-refractivity contribution >= 4 is 159 Å². The number of hydrogen-bond donors (Lipinski definition) is 26. The summed E-state index contributed by atoms with van der Waals surface area (Å²) in [5, 5.41) is 77.3. The molecule has 1 aromatic heterocycles. The summed E-state index contributed by atoms with van der Waals surface area (Å²) < 4.78 is 0. The van der Waals surface area contributed by atoms with Gasteiger partial charge >= 0.3 is 17.9 Å². The maximum Gasteiger partial charge on any atom is 0.325 e. The molecule has 0 aliphatic carbocycles. The van der Waals surface area contributed by atoms with Crippen molar-refractivity contribution < 1.29 is 121 Å². The first-order valence-electron chi connectivity index (χ1n) is 45.5. The molecule has 50 nitrogen and oxygen atoms in total. The average Bonchev–Trinajstić information content (AvgIpc) is 1.70. The summed E-state index contributed by atoms with van der Waals surface area (Å²) in [5.41, 5.74) is 29.0. The van der Waals surface area contributed by atoms with Crippen molar-refractivity contribution in [3.63, 3.8) is 0 Å². The summed E-state index contributed by atoms with van der Waals surface area (Å²) >= 11 is 1.26. The van der Waals surface area contributed by atoms with Gasteiger partial charge in [0.2, 0.25) is 112 Å². The third-order valence-electron chi connectivity index (χ3n) is 22.7. The highest BCUT2D eigenvalue weighted by Gasteiger charge is 2.44. The van der Waals surface area contributed by atoms with E-state index in [2.05, 4.69) is 90.1 Å². The Bertz CT molecular complexity index is 4590. The number of para-hydroxylation sites is 1. The van der Waals surface area contributed by atoms with Crippen LogP contribution in [0.1, 0.15) is 183 Å². The van der Waals surface area contributed by atoms with Gasteiger partial charge in [-0.05, 0) is 152 Å². The van der Waals surface area contributed by atoms with Crippen molar-refractivity contribution in [2.75, 3.05) is 57.8 Å². The molecule has 51 heteroatoms. The van der Waals surface area contributed by atoms with E-state index in [1.807, 2.05) is 0 Å². The van der Waals surface area contributed by atoms with Crippen LogP contribution in [-0.2, 0) is 112 Å². The lowest BCUT2D eigenvalue weighted by atomic mass is 9.96. The minimum atomic E-state index is -1.80. The van der Waals surface area contributed by atoms with Crippen LogP contribution in [0.15, 0.2) is 30.5 Å². The van der Waals surface area contributed by atoms with Crippen LogP contribution in [0, 0.1) is 23.2 Å². The van der Waals surface area contributed by atoms with E-state index in [0.717, 1.165) is 9.80 Å². The number of amides is 19. The van der Waals surface area contributed by atoms with Crippen molar-refractivity contribution in [3.8, 4) is 0 Å². The lowest BCUT2D eigenvalue weighted by Gasteiger charge is -2.31. The number of carboxylic acid groups (broad SMARTS) is 3. The Labute approximate surface area is 796 Å². The van der Waals surface area contributed by atoms with Gasteiger partial charge < -0.3 is 144 Å². The number of likely N-dealkylation sites (tertiary alicyclic amines) is 2. The number of aromatic amines is 1. The monoisotopic (exact) mass is 1950 g/mol. The first-order valence-corrected chi connectivity index (χ1v) is 46.9. The third-order valence-corrected chi connectivity index (χ3v) is 23.3. The van der Waals surface area contributed by atoms with E-state index in [0.29, 0.717) is 29.3 Å². The maximum absolute atomic E-state index is 14.9. The van der Waals surface area contributed by atoms with Gasteiger partial charge in [0, 0.05) is 62.4 Å². The highest BCUT2D eigenvalue weighted by Crippen LogP contribution is 2.24. The molecular weight excluding hydrogens is 1820 g/mol. The zero-order valence-corrected chi connectivity index (χ0v) is 79.4. The van der Waals surface area contributed by atoms with E-state index in [4.69, 9.17) is 34.1 Å². The molecule has 3 heterocycles. The second kappa shape index (κ2) is 58.8. The van der Waals surface area contributed by atoms with Gasteiger partial charge in [-0.2, -0.15) is 11.8 Å². The van der Waals surface area contributed by atoms with Gasteiger partial charge in [0.05, 0.1) is 32.1 Å². The Balaban J connectivity index is 1.51. The number of carboxylic acids is 3. The van der Waals surface area contributed by atoms with Gasteiger partial charge in [0.15, 0.2) is 5.96 Å². The number of aromatic nitrogens is 1. The molecular formula is C86H137N25O25S.